The van der Waals surface area contributed by atoms with Crippen LogP contribution in [0.3, 0.4) is 0 Å². The van der Waals surface area contributed by atoms with Gasteiger partial charge in [0.15, 0.2) is 11.6 Å². The van der Waals surface area contributed by atoms with Crippen LogP contribution in [-0.2, 0) is 14.2 Å². The molecule has 3 nitrogen and oxygen atoms in total. The largest absolute Gasteiger partial charge is 0.345 e. The summed E-state index contributed by atoms with van der Waals surface area (Å²) in [6.07, 6.45) is 3.04. The first-order valence-corrected chi connectivity index (χ1v) is 7.79. The van der Waals surface area contributed by atoms with Gasteiger partial charge in [-0.05, 0) is 68.7 Å². The van der Waals surface area contributed by atoms with Gasteiger partial charge in [-0.25, -0.2) is 0 Å². The topological polar surface area (TPSA) is 27.7 Å². The Morgan fingerprint density at radius 2 is 1.10 bits per heavy atom. The van der Waals surface area contributed by atoms with Crippen LogP contribution in [0.25, 0.3) is 0 Å². The molecule has 0 aliphatic carbocycles. The summed E-state index contributed by atoms with van der Waals surface area (Å²) in [6, 6.07) is 0. The van der Waals surface area contributed by atoms with Crippen molar-refractivity contribution in [2.24, 2.45) is 0 Å². The van der Waals surface area contributed by atoms with Gasteiger partial charge in [-0.15, -0.1) is 0 Å². The second kappa shape index (κ2) is 6.76. The van der Waals surface area contributed by atoms with Crippen LogP contribution in [0, 0.1) is 0 Å². The molecule has 0 aromatic rings. The molecule has 0 radical (unpaired) electrons. The second-order valence-corrected chi connectivity index (χ2v) is 8.17. The minimum atomic E-state index is -0.689. The van der Waals surface area contributed by atoms with Crippen LogP contribution in [0.1, 0.15) is 88.5 Å². The van der Waals surface area contributed by atoms with E-state index in [-0.39, 0.29) is 11.2 Å². The van der Waals surface area contributed by atoms with Crippen molar-refractivity contribution in [2.45, 2.75) is 111 Å². The summed E-state index contributed by atoms with van der Waals surface area (Å²) in [7, 11) is 0. The molecule has 0 rings (SSSR count). The summed E-state index contributed by atoms with van der Waals surface area (Å²) in [4.78, 5) is 0. The van der Waals surface area contributed by atoms with E-state index in [1.54, 1.807) is 0 Å². The molecule has 0 amide bonds. The Balaban J connectivity index is 4.96. The molecule has 0 heterocycles. The molecule has 0 bridgehead atoms. The summed E-state index contributed by atoms with van der Waals surface area (Å²) in [5.74, 6) is -1.32. The van der Waals surface area contributed by atoms with Gasteiger partial charge in [-0.3, -0.25) is 0 Å². The highest BCUT2D eigenvalue weighted by Gasteiger charge is 2.39. The third kappa shape index (κ3) is 9.73. The first kappa shape index (κ1) is 19.9. The molecule has 0 saturated carbocycles. The van der Waals surface area contributed by atoms with Gasteiger partial charge in [-0.1, -0.05) is 13.3 Å². The fraction of sp³-hybridized carbons (Fsp3) is 1.00. The fourth-order valence-electron chi connectivity index (χ4n) is 2.55. The molecule has 0 aromatic heterocycles. The van der Waals surface area contributed by atoms with Gasteiger partial charge in [0.25, 0.3) is 0 Å². The van der Waals surface area contributed by atoms with Gasteiger partial charge in [0.2, 0.25) is 0 Å². The van der Waals surface area contributed by atoms with Crippen LogP contribution in [-0.4, -0.2) is 22.8 Å². The average molecular weight is 288 g/mol. The van der Waals surface area contributed by atoms with E-state index in [0.29, 0.717) is 0 Å². The van der Waals surface area contributed by atoms with Gasteiger partial charge >= 0.3 is 0 Å². The van der Waals surface area contributed by atoms with Gasteiger partial charge in [0.05, 0.1) is 11.2 Å². The van der Waals surface area contributed by atoms with Gasteiger partial charge in [0, 0.05) is 6.42 Å². The molecule has 3 heteroatoms. The quantitative estimate of drug-likeness (QED) is 0.597. The molecule has 0 aliphatic heterocycles. The first-order valence-electron chi connectivity index (χ1n) is 7.79. The zero-order valence-electron chi connectivity index (χ0n) is 15.3. The molecular weight excluding hydrogens is 252 g/mol. The van der Waals surface area contributed by atoms with Gasteiger partial charge in [-0.2, -0.15) is 0 Å². The van der Waals surface area contributed by atoms with Crippen molar-refractivity contribution in [3.8, 4) is 0 Å². The van der Waals surface area contributed by atoms with Crippen molar-refractivity contribution in [1.29, 1.82) is 0 Å². The van der Waals surface area contributed by atoms with E-state index >= 15 is 0 Å². The van der Waals surface area contributed by atoms with E-state index in [9.17, 15) is 0 Å². The predicted octanol–water partition coefficient (Wildman–Crippen LogP) is 5.28. The van der Waals surface area contributed by atoms with E-state index in [1.165, 1.54) is 0 Å². The lowest BCUT2D eigenvalue weighted by atomic mass is 10.1. The molecule has 0 N–H and O–H groups in total. The van der Waals surface area contributed by atoms with Gasteiger partial charge < -0.3 is 14.2 Å². The number of hydrogen-bond donors (Lipinski definition) is 0. The van der Waals surface area contributed by atoms with Crippen LogP contribution in [0.5, 0.6) is 0 Å². The Labute approximate surface area is 126 Å². The standard InChI is InChI=1S/C17H36O3/c1-11-12-13-17(10,19-15(5,6)7)20-16(8,9)18-14(2,3)4/h11-13H2,1-10H3. The molecular formula is C17H36O3. The van der Waals surface area contributed by atoms with Crippen LogP contribution in [0.4, 0.5) is 0 Å². The summed E-state index contributed by atoms with van der Waals surface area (Å²) in [5.41, 5.74) is -0.503. The lowest BCUT2D eigenvalue weighted by Gasteiger charge is -2.43. The van der Waals surface area contributed by atoms with Crippen molar-refractivity contribution in [3.63, 3.8) is 0 Å². The van der Waals surface area contributed by atoms with Crippen molar-refractivity contribution in [2.75, 3.05) is 0 Å². The molecule has 20 heavy (non-hydrogen) atoms. The third-order valence-corrected chi connectivity index (χ3v) is 2.52. The summed E-state index contributed by atoms with van der Waals surface area (Å²) in [5, 5.41) is 0. The van der Waals surface area contributed by atoms with E-state index < -0.39 is 11.6 Å². The molecule has 1 unspecified atom stereocenters. The second-order valence-electron chi connectivity index (χ2n) is 8.17. The third-order valence-electron chi connectivity index (χ3n) is 2.52. The first-order chi connectivity index (χ1) is 8.68. The van der Waals surface area contributed by atoms with E-state index in [1.807, 2.05) is 41.5 Å². The molecule has 122 valence electrons. The maximum Gasteiger partial charge on any atom is 0.169 e. The molecule has 0 saturated heterocycles. The summed E-state index contributed by atoms with van der Waals surface area (Å²) in [6.45, 7) is 20.4. The zero-order valence-corrected chi connectivity index (χ0v) is 15.3. The zero-order chi connectivity index (χ0) is 16.2. The van der Waals surface area contributed by atoms with Crippen LogP contribution >= 0.6 is 0 Å². The Hall–Kier alpha value is -0.120. The lowest BCUT2D eigenvalue weighted by molar-refractivity contribution is -0.376. The fourth-order valence-corrected chi connectivity index (χ4v) is 2.55. The number of hydrogen-bond acceptors (Lipinski definition) is 3. The Kier molecular flexibility index (Phi) is 6.72. The average Bonchev–Trinajstić information content (AvgIpc) is 2.05. The van der Waals surface area contributed by atoms with Crippen molar-refractivity contribution >= 4 is 0 Å². The Morgan fingerprint density at radius 3 is 1.45 bits per heavy atom. The Bertz CT molecular complexity index is 284. The number of ether oxygens (including phenoxy) is 3. The van der Waals surface area contributed by atoms with E-state index in [4.69, 9.17) is 14.2 Å². The number of unbranched alkanes of at least 4 members (excludes halogenated alkanes) is 1. The minimum absolute atomic E-state index is 0.250. The minimum Gasteiger partial charge on any atom is -0.345 e. The Morgan fingerprint density at radius 1 is 0.650 bits per heavy atom. The lowest BCUT2D eigenvalue weighted by Crippen LogP contribution is -2.48. The number of rotatable bonds is 7. The molecule has 1 atom stereocenters. The monoisotopic (exact) mass is 288 g/mol. The van der Waals surface area contributed by atoms with Crippen LogP contribution < -0.4 is 0 Å². The predicted molar refractivity (Wildman–Crippen MR) is 84.8 cm³/mol. The maximum absolute atomic E-state index is 6.24. The van der Waals surface area contributed by atoms with Crippen molar-refractivity contribution < 1.29 is 14.2 Å². The molecule has 0 fully saturated rings. The van der Waals surface area contributed by atoms with Crippen molar-refractivity contribution in [1.82, 2.24) is 0 Å². The van der Waals surface area contributed by atoms with Crippen LogP contribution in [0.15, 0.2) is 0 Å². The molecule has 0 aliphatic rings. The maximum atomic E-state index is 6.24. The van der Waals surface area contributed by atoms with Gasteiger partial charge in [0.1, 0.15) is 0 Å². The van der Waals surface area contributed by atoms with E-state index in [0.717, 1.165) is 19.3 Å². The molecule has 0 spiro atoms. The van der Waals surface area contributed by atoms with Crippen LogP contribution in [0.2, 0.25) is 0 Å². The highest BCUT2D eigenvalue weighted by atomic mass is 16.8. The smallest absolute Gasteiger partial charge is 0.169 e. The normalized spacial score (nSPS) is 17.1. The SMILES string of the molecule is CCCCC(C)(OC(C)(C)C)OC(C)(C)OC(C)(C)C. The highest BCUT2D eigenvalue weighted by Crippen LogP contribution is 2.33. The van der Waals surface area contributed by atoms with Crippen molar-refractivity contribution in [3.05, 3.63) is 0 Å². The molecule has 0 aromatic carbocycles. The highest BCUT2D eigenvalue weighted by molar-refractivity contribution is 4.75. The summed E-state index contributed by atoms with van der Waals surface area (Å²) < 4.78 is 18.4. The summed E-state index contributed by atoms with van der Waals surface area (Å²) >= 11 is 0. The van der Waals surface area contributed by atoms with E-state index in [2.05, 4.69) is 27.7 Å².